The Morgan fingerprint density at radius 2 is 2.12 bits per heavy atom. The van der Waals surface area contributed by atoms with Gasteiger partial charge in [-0.2, -0.15) is 0 Å². The fraction of sp³-hybridized carbons (Fsp3) is 0.579. The molecule has 2 aromatic heterocycles. The maximum absolute atomic E-state index is 12.4. The summed E-state index contributed by atoms with van der Waals surface area (Å²) in [5.41, 5.74) is 2.83. The molecule has 4 rings (SSSR count). The molecule has 2 aromatic rings. The van der Waals surface area contributed by atoms with Crippen molar-refractivity contribution >= 4 is 5.91 Å². The first-order valence-electron chi connectivity index (χ1n) is 9.28. The molecule has 138 valence electrons. The lowest BCUT2D eigenvalue weighted by atomic mass is 9.59. The summed E-state index contributed by atoms with van der Waals surface area (Å²) in [5, 5.41) is 7.24. The molecule has 1 saturated heterocycles. The van der Waals surface area contributed by atoms with Crippen molar-refractivity contribution in [2.75, 3.05) is 13.1 Å². The topological polar surface area (TPSA) is 84.2 Å². The zero-order chi connectivity index (χ0) is 18.1. The molecule has 0 radical (unpaired) electrons. The number of likely N-dealkylation sites (tertiary alicyclic amines) is 1. The zero-order valence-corrected chi connectivity index (χ0v) is 15.4. The van der Waals surface area contributed by atoms with Crippen LogP contribution >= 0.6 is 0 Å². The fourth-order valence-electron chi connectivity index (χ4n) is 4.28. The van der Waals surface area contributed by atoms with Crippen molar-refractivity contribution in [3.8, 4) is 0 Å². The molecule has 26 heavy (non-hydrogen) atoms. The molecule has 2 aliphatic rings. The summed E-state index contributed by atoms with van der Waals surface area (Å²) in [4.78, 5) is 22.9. The predicted molar refractivity (Wildman–Crippen MR) is 95.4 cm³/mol. The largest absolute Gasteiger partial charge is 0.361 e. The lowest BCUT2D eigenvalue weighted by molar-refractivity contribution is -0.00731. The van der Waals surface area contributed by atoms with E-state index in [0.717, 1.165) is 50.4 Å². The molecule has 0 unspecified atom stereocenters. The highest BCUT2D eigenvalue weighted by molar-refractivity contribution is 5.92. The smallest absolute Gasteiger partial charge is 0.271 e. The Morgan fingerprint density at radius 1 is 1.31 bits per heavy atom. The second kappa shape index (κ2) is 6.79. The standard InChI is InChI=1S/C19H25N5O2/c1-13-15(14(2)26-23-13)12-24-9-5-19(6-10-24)4-3-17(19)22-18(25)16-11-20-7-8-21-16/h7-8,11,17H,3-6,9-10,12H2,1-2H3,(H,22,25)/t17-/m0/s1. The maximum Gasteiger partial charge on any atom is 0.271 e. The summed E-state index contributed by atoms with van der Waals surface area (Å²) < 4.78 is 5.28. The molecule has 7 nitrogen and oxygen atoms in total. The summed E-state index contributed by atoms with van der Waals surface area (Å²) in [5.74, 6) is 0.806. The van der Waals surface area contributed by atoms with E-state index in [1.807, 2.05) is 13.8 Å². The van der Waals surface area contributed by atoms with Gasteiger partial charge in [-0.3, -0.25) is 14.7 Å². The van der Waals surface area contributed by atoms with E-state index >= 15 is 0 Å². The van der Waals surface area contributed by atoms with E-state index in [4.69, 9.17) is 4.52 Å². The molecule has 1 saturated carbocycles. The lowest BCUT2D eigenvalue weighted by Gasteiger charge is -2.54. The Balaban J connectivity index is 1.34. The van der Waals surface area contributed by atoms with Crippen LogP contribution in [-0.2, 0) is 6.54 Å². The van der Waals surface area contributed by atoms with Crippen LogP contribution in [0.5, 0.6) is 0 Å². The van der Waals surface area contributed by atoms with Crippen LogP contribution in [0.1, 0.15) is 53.2 Å². The van der Waals surface area contributed by atoms with Crippen molar-refractivity contribution in [1.82, 2.24) is 25.3 Å². The average Bonchev–Trinajstić information content (AvgIpc) is 2.98. The van der Waals surface area contributed by atoms with E-state index in [-0.39, 0.29) is 17.4 Å². The number of nitrogens with zero attached hydrogens (tertiary/aromatic N) is 4. The highest BCUT2D eigenvalue weighted by Gasteiger charge is 2.48. The number of rotatable bonds is 4. The van der Waals surface area contributed by atoms with Gasteiger partial charge in [-0.25, -0.2) is 4.98 Å². The Kier molecular flexibility index (Phi) is 4.48. The van der Waals surface area contributed by atoms with Crippen LogP contribution in [0.25, 0.3) is 0 Å². The molecule has 2 fully saturated rings. The molecule has 1 amide bonds. The molecule has 1 N–H and O–H groups in total. The van der Waals surface area contributed by atoms with Crippen molar-refractivity contribution in [2.45, 2.75) is 52.1 Å². The van der Waals surface area contributed by atoms with Crippen LogP contribution in [0.3, 0.4) is 0 Å². The van der Waals surface area contributed by atoms with E-state index in [9.17, 15) is 4.79 Å². The molecule has 3 heterocycles. The van der Waals surface area contributed by atoms with Gasteiger partial charge in [-0.15, -0.1) is 0 Å². The fourth-order valence-corrected chi connectivity index (χ4v) is 4.28. The van der Waals surface area contributed by atoms with Crippen molar-refractivity contribution in [3.63, 3.8) is 0 Å². The minimum atomic E-state index is -0.111. The Morgan fingerprint density at radius 3 is 2.69 bits per heavy atom. The Bertz CT molecular complexity index is 761. The average molecular weight is 355 g/mol. The summed E-state index contributed by atoms with van der Waals surface area (Å²) in [6.07, 6.45) is 9.12. The molecule has 1 aliphatic heterocycles. The van der Waals surface area contributed by atoms with E-state index < -0.39 is 0 Å². The second-order valence-electron chi connectivity index (χ2n) is 7.60. The van der Waals surface area contributed by atoms with Crippen LogP contribution in [0.15, 0.2) is 23.1 Å². The summed E-state index contributed by atoms with van der Waals surface area (Å²) in [6, 6.07) is 0.248. The zero-order valence-electron chi connectivity index (χ0n) is 15.4. The first kappa shape index (κ1) is 17.1. The number of nitrogens with one attached hydrogen (secondary N) is 1. The SMILES string of the molecule is Cc1noc(C)c1CN1CCC2(CC[C@@H]2NC(=O)c2cnccn2)CC1. The van der Waals surface area contributed by atoms with Crippen molar-refractivity contribution in [3.05, 3.63) is 41.3 Å². The third kappa shape index (κ3) is 3.11. The van der Waals surface area contributed by atoms with Crippen LogP contribution in [0, 0.1) is 19.3 Å². The number of piperidine rings is 1. The monoisotopic (exact) mass is 355 g/mol. The quantitative estimate of drug-likeness (QED) is 0.906. The second-order valence-corrected chi connectivity index (χ2v) is 7.60. The number of amides is 1. The van der Waals surface area contributed by atoms with E-state index in [0.29, 0.717) is 5.69 Å². The molecule has 1 aliphatic carbocycles. The molecule has 1 spiro atoms. The summed E-state index contributed by atoms with van der Waals surface area (Å²) >= 11 is 0. The minimum absolute atomic E-state index is 0.111. The van der Waals surface area contributed by atoms with E-state index in [1.165, 1.54) is 18.2 Å². The molecular formula is C19H25N5O2. The third-order valence-electron chi connectivity index (χ3n) is 6.19. The van der Waals surface area contributed by atoms with Gasteiger partial charge in [0.15, 0.2) is 0 Å². The van der Waals surface area contributed by atoms with Gasteiger partial charge >= 0.3 is 0 Å². The molecule has 7 heteroatoms. The van der Waals surface area contributed by atoms with Crippen molar-refractivity contribution in [1.29, 1.82) is 0 Å². The van der Waals surface area contributed by atoms with Gasteiger partial charge in [-0.1, -0.05) is 5.16 Å². The summed E-state index contributed by atoms with van der Waals surface area (Å²) in [7, 11) is 0. The van der Waals surface area contributed by atoms with Crippen molar-refractivity contribution < 1.29 is 9.32 Å². The Labute approximate surface area is 153 Å². The predicted octanol–water partition coefficient (Wildman–Crippen LogP) is 2.26. The molecule has 1 atom stereocenters. The van der Waals surface area contributed by atoms with Gasteiger partial charge in [0.1, 0.15) is 11.5 Å². The number of carbonyl (C=O) groups excluding carboxylic acids is 1. The molecule has 0 bridgehead atoms. The first-order valence-corrected chi connectivity index (χ1v) is 9.28. The number of hydrogen-bond acceptors (Lipinski definition) is 6. The number of aryl methyl sites for hydroxylation is 2. The van der Waals surface area contributed by atoms with Gasteiger partial charge in [0.25, 0.3) is 5.91 Å². The maximum atomic E-state index is 12.4. The van der Waals surface area contributed by atoms with Crippen LogP contribution in [0.4, 0.5) is 0 Å². The molecule has 0 aromatic carbocycles. The van der Waals surface area contributed by atoms with Gasteiger partial charge in [0.2, 0.25) is 0 Å². The van der Waals surface area contributed by atoms with Gasteiger partial charge in [-0.05, 0) is 58.0 Å². The van der Waals surface area contributed by atoms with Crippen LogP contribution in [0.2, 0.25) is 0 Å². The van der Waals surface area contributed by atoms with Gasteiger partial charge in [0.05, 0.1) is 11.9 Å². The number of carbonyl (C=O) groups is 1. The highest BCUT2D eigenvalue weighted by atomic mass is 16.5. The van der Waals surface area contributed by atoms with E-state index in [1.54, 1.807) is 12.4 Å². The van der Waals surface area contributed by atoms with Crippen LogP contribution in [-0.4, -0.2) is 45.1 Å². The lowest BCUT2D eigenvalue weighted by Crippen LogP contribution is -2.59. The highest BCUT2D eigenvalue weighted by Crippen LogP contribution is 2.49. The van der Waals surface area contributed by atoms with Crippen LogP contribution < -0.4 is 5.32 Å². The third-order valence-corrected chi connectivity index (χ3v) is 6.19. The van der Waals surface area contributed by atoms with Gasteiger partial charge < -0.3 is 9.84 Å². The first-order chi connectivity index (χ1) is 12.6. The Hall–Kier alpha value is -2.28. The normalized spacial score (nSPS) is 22.2. The number of hydrogen-bond donors (Lipinski definition) is 1. The molecular weight excluding hydrogens is 330 g/mol. The number of aromatic nitrogens is 3. The van der Waals surface area contributed by atoms with E-state index in [2.05, 4.69) is 25.3 Å². The summed E-state index contributed by atoms with van der Waals surface area (Å²) in [6.45, 7) is 6.96. The van der Waals surface area contributed by atoms with Gasteiger partial charge in [0, 0.05) is 30.5 Å². The minimum Gasteiger partial charge on any atom is -0.361 e. The van der Waals surface area contributed by atoms with Crippen molar-refractivity contribution in [2.24, 2.45) is 5.41 Å².